The van der Waals surface area contributed by atoms with Gasteiger partial charge in [0.15, 0.2) is 0 Å². The predicted octanol–water partition coefficient (Wildman–Crippen LogP) is 3.09. The second-order valence-electron chi connectivity index (χ2n) is 5.25. The van der Waals surface area contributed by atoms with Gasteiger partial charge in [0.2, 0.25) is 15.9 Å². The second-order valence-corrected chi connectivity index (χ2v) is 7.37. The minimum absolute atomic E-state index is 0.123. The first-order valence-corrected chi connectivity index (χ1v) is 8.90. The summed E-state index contributed by atoms with van der Waals surface area (Å²) in [7, 11) is -3.93. The van der Waals surface area contributed by atoms with E-state index in [-0.39, 0.29) is 4.90 Å². The first-order valence-electron chi connectivity index (χ1n) is 7.04. The number of hydrogen-bond acceptors (Lipinski definition) is 3. The van der Waals surface area contributed by atoms with Crippen LogP contribution in [0, 0.1) is 12.7 Å². The van der Waals surface area contributed by atoms with Gasteiger partial charge in [-0.1, -0.05) is 17.7 Å². The van der Waals surface area contributed by atoms with Crippen molar-refractivity contribution in [3.05, 3.63) is 58.9 Å². The number of anilines is 1. The number of aryl methyl sites for hydroxylation is 1. The minimum Gasteiger partial charge on any atom is -0.325 e. The van der Waals surface area contributed by atoms with Crippen LogP contribution in [-0.2, 0) is 14.8 Å². The van der Waals surface area contributed by atoms with E-state index < -0.39 is 27.8 Å². The maximum Gasteiger partial charge on any atom is 0.242 e. The van der Waals surface area contributed by atoms with Crippen molar-refractivity contribution in [2.24, 2.45) is 0 Å². The van der Waals surface area contributed by atoms with Crippen LogP contribution in [0.25, 0.3) is 0 Å². The van der Waals surface area contributed by atoms with E-state index in [2.05, 4.69) is 10.0 Å². The highest BCUT2D eigenvalue weighted by atomic mass is 35.5. The summed E-state index contributed by atoms with van der Waals surface area (Å²) in [6, 6.07) is 8.28. The minimum atomic E-state index is -3.93. The van der Waals surface area contributed by atoms with Gasteiger partial charge in [-0.05, 0) is 55.8 Å². The summed E-state index contributed by atoms with van der Waals surface area (Å²) < 4.78 is 39.5. The molecule has 24 heavy (non-hydrogen) atoms. The lowest BCUT2D eigenvalue weighted by molar-refractivity contribution is -0.117. The molecule has 5 nitrogen and oxygen atoms in total. The summed E-state index contributed by atoms with van der Waals surface area (Å²) in [5, 5.41) is 3.08. The van der Waals surface area contributed by atoms with Crippen molar-refractivity contribution in [1.29, 1.82) is 0 Å². The lowest BCUT2D eigenvalue weighted by atomic mass is 10.2. The highest BCUT2D eigenvalue weighted by molar-refractivity contribution is 7.89. The zero-order valence-electron chi connectivity index (χ0n) is 13.0. The first-order chi connectivity index (χ1) is 11.2. The van der Waals surface area contributed by atoms with E-state index in [1.807, 2.05) is 6.92 Å². The molecule has 2 aromatic carbocycles. The summed E-state index contributed by atoms with van der Waals surface area (Å²) in [5.41, 5.74) is 1.32. The number of carbonyl (C=O) groups excluding carboxylic acids is 1. The molecule has 0 radical (unpaired) electrons. The van der Waals surface area contributed by atoms with E-state index in [0.29, 0.717) is 10.7 Å². The van der Waals surface area contributed by atoms with Gasteiger partial charge in [-0.25, -0.2) is 12.8 Å². The third-order valence-corrected chi connectivity index (χ3v) is 5.25. The molecule has 0 unspecified atom stereocenters. The lowest BCUT2D eigenvalue weighted by Gasteiger charge is -2.15. The van der Waals surface area contributed by atoms with Crippen molar-refractivity contribution >= 4 is 33.2 Å². The van der Waals surface area contributed by atoms with Crippen LogP contribution in [0.5, 0.6) is 0 Å². The fourth-order valence-corrected chi connectivity index (χ4v) is 3.27. The molecule has 0 spiro atoms. The van der Waals surface area contributed by atoms with Crippen LogP contribution in [-0.4, -0.2) is 20.4 Å². The number of sulfonamides is 1. The summed E-state index contributed by atoms with van der Waals surface area (Å²) in [6.45, 7) is 3.24. The normalized spacial score (nSPS) is 12.7. The third kappa shape index (κ3) is 4.53. The SMILES string of the molecule is Cc1ccc(NC(=O)[C@@H](C)NS(=O)(=O)c2ccc(F)cc2)cc1Cl. The summed E-state index contributed by atoms with van der Waals surface area (Å²) >= 11 is 5.98. The van der Waals surface area contributed by atoms with E-state index in [4.69, 9.17) is 11.6 Å². The van der Waals surface area contributed by atoms with Gasteiger partial charge in [0.25, 0.3) is 0 Å². The summed E-state index contributed by atoms with van der Waals surface area (Å²) in [5.74, 6) is -1.09. The zero-order chi connectivity index (χ0) is 17.9. The van der Waals surface area contributed by atoms with Gasteiger partial charge in [0.1, 0.15) is 5.82 Å². The van der Waals surface area contributed by atoms with Crippen molar-refractivity contribution in [3.63, 3.8) is 0 Å². The van der Waals surface area contributed by atoms with Crippen LogP contribution in [0.1, 0.15) is 12.5 Å². The van der Waals surface area contributed by atoms with E-state index in [0.717, 1.165) is 29.8 Å². The average molecular weight is 371 g/mol. The van der Waals surface area contributed by atoms with Gasteiger partial charge in [0.05, 0.1) is 10.9 Å². The monoisotopic (exact) mass is 370 g/mol. The molecule has 8 heteroatoms. The second kappa shape index (κ2) is 7.29. The topological polar surface area (TPSA) is 75.3 Å². The lowest BCUT2D eigenvalue weighted by Crippen LogP contribution is -2.41. The molecule has 2 rings (SSSR count). The smallest absolute Gasteiger partial charge is 0.242 e. The molecule has 1 atom stereocenters. The molecule has 0 saturated carbocycles. The van der Waals surface area contributed by atoms with Gasteiger partial charge in [-0.2, -0.15) is 4.72 Å². The van der Waals surface area contributed by atoms with Gasteiger partial charge in [0, 0.05) is 10.7 Å². The molecule has 0 fully saturated rings. The van der Waals surface area contributed by atoms with Gasteiger partial charge >= 0.3 is 0 Å². The molecule has 0 aliphatic carbocycles. The number of amides is 1. The van der Waals surface area contributed by atoms with Crippen molar-refractivity contribution < 1.29 is 17.6 Å². The maximum atomic E-state index is 12.9. The van der Waals surface area contributed by atoms with Crippen molar-refractivity contribution in [2.45, 2.75) is 24.8 Å². The van der Waals surface area contributed by atoms with E-state index in [9.17, 15) is 17.6 Å². The van der Waals surface area contributed by atoms with Crippen LogP contribution in [0.3, 0.4) is 0 Å². The molecule has 0 saturated heterocycles. The Morgan fingerprint density at radius 1 is 1.17 bits per heavy atom. The standard InChI is InChI=1S/C16H16ClFN2O3S/c1-10-3-6-13(9-15(10)17)19-16(21)11(2)20-24(22,23)14-7-4-12(18)5-8-14/h3-9,11,20H,1-2H3,(H,19,21)/t11-/m1/s1. The fraction of sp³-hybridized carbons (Fsp3) is 0.188. The van der Waals surface area contributed by atoms with Crippen molar-refractivity contribution in [2.75, 3.05) is 5.32 Å². The molecule has 1 amide bonds. The van der Waals surface area contributed by atoms with Crippen molar-refractivity contribution in [3.8, 4) is 0 Å². The van der Waals surface area contributed by atoms with Crippen LogP contribution in [0.15, 0.2) is 47.4 Å². The molecule has 0 aromatic heterocycles. The fourth-order valence-electron chi connectivity index (χ4n) is 1.89. The highest BCUT2D eigenvalue weighted by Gasteiger charge is 2.22. The third-order valence-electron chi connectivity index (χ3n) is 3.29. The van der Waals surface area contributed by atoms with Crippen LogP contribution < -0.4 is 10.0 Å². The Bertz CT molecular complexity index is 854. The molecule has 0 aliphatic rings. The maximum absolute atomic E-state index is 12.9. The number of nitrogens with one attached hydrogen (secondary N) is 2. The molecule has 2 aromatic rings. The van der Waals surface area contributed by atoms with Crippen LogP contribution >= 0.6 is 11.6 Å². The van der Waals surface area contributed by atoms with E-state index in [1.165, 1.54) is 6.92 Å². The number of hydrogen-bond donors (Lipinski definition) is 2. The van der Waals surface area contributed by atoms with Crippen LogP contribution in [0.4, 0.5) is 10.1 Å². The van der Waals surface area contributed by atoms with Gasteiger partial charge in [-0.15, -0.1) is 0 Å². The van der Waals surface area contributed by atoms with Gasteiger partial charge < -0.3 is 5.32 Å². The predicted molar refractivity (Wildman–Crippen MR) is 91.0 cm³/mol. The number of benzene rings is 2. The average Bonchev–Trinajstić information content (AvgIpc) is 2.51. The Balaban J connectivity index is 2.07. The summed E-state index contributed by atoms with van der Waals surface area (Å²) in [6.07, 6.45) is 0. The largest absolute Gasteiger partial charge is 0.325 e. The molecule has 128 valence electrons. The first kappa shape index (κ1) is 18.4. The Hall–Kier alpha value is -1.96. The molecule has 0 heterocycles. The number of halogens is 2. The Kier molecular flexibility index (Phi) is 5.58. The molecule has 0 bridgehead atoms. The Morgan fingerprint density at radius 3 is 2.38 bits per heavy atom. The Morgan fingerprint density at radius 2 is 1.79 bits per heavy atom. The van der Waals surface area contributed by atoms with Crippen molar-refractivity contribution in [1.82, 2.24) is 4.72 Å². The molecule has 2 N–H and O–H groups in total. The quantitative estimate of drug-likeness (QED) is 0.849. The molecule has 0 aliphatic heterocycles. The highest BCUT2D eigenvalue weighted by Crippen LogP contribution is 2.20. The van der Waals surface area contributed by atoms with Gasteiger partial charge in [-0.3, -0.25) is 4.79 Å². The summed E-state index contributed by atoms with van der Waals surface area (Å²) in [4.78, 5) is 12.0. The zero-order valence-corrected chi connectivity index (χ0v) is 14.6. The Labute approximate surface area is 144 Å². The molecular weight excluding hydrogens is 355 g/mol. The number of carbonyl (C=O) groups is 1. The van der Waals surface area contributed by atoms with E-state index in [1.54, 1.807) is 18.2 Å². The number of rotatable bonds is 5. The van der Waals surface area contributed by atoms with Crippen LogP contribution in [0.2, 0.25) is 5.02 Å². The van der Waals surface area contributed by atoms with E-state index >= 15 is 0 Å². The molecular formula is C16H16ClFN2O3S.